The van der Waals surface area contributed by atoms with Crippen LogP contribution in [0.4, 0.5) is 5.69 Å². The van der Waals surface area contributed by atoms with Gasteiger partial charge in [-0.05, 0) is 24.3 Å². The quantitative estimate of drug-likeness (QED) is 0.810. The number of thiocarbonyl (C=S) groups is 1. The van der Waals surface area contributed by atoms with Gasteiger partial charge in [-0.25, -0.2) is 8.42 Å². The molecule has 6 nitrogen and oxygen atoms in total. The maximum Gasteiger partial charge on any atom is 0.263 e. The second kappa shape index (κ2) is 6.06. The molecule has 0 aliphatic heterocycles. The molecule has 2 aromatic rings. The van der Waals surface area contributed by atoms with Crippen molar-refractivity contribution < 1.29 is 13.2 Å². The van der Waals surface area contributed by atoms with E-state index in [9.17, 15) is 8.42 Å². The van der Waals surface area contributed by atoms with Crippen molar-refractivity contribution in [2.24, 2.45) is 5.73 Å². The van der Waals surface area contributed by atoms with Crippen LogP contribution in [-0.4, -0.2) is 25.5 Å². The van der Waals surface area contributed by atoms with Gasteiger partial charge in [0, 0.05) is 6.20 Å². The maximum atomic E-state index is 12.3. The lowest BCUT2D eigenvalue weighted by Crippen LogP contribution is -2.16. The minimum absolute atomic E-state index is 0.00778. The zero-order valence-electron chi connectivity index (χ0n) is 11.1. The average Bonchev–Trinajstić information content (AvgIpc) is 2.47. The van der Waals surface area contributed by atoms with Crippen LogP contribution in [0.1, 0.15) is 5.69 Å². The maximum absolute atomic E-state index is 12.3. The van der Waals surface area contributed by atoms with E-state index in [0.29, 0.717) is 17.1 Å². The molecule has 1 aromatic heterocycles. The van der Waals surface area contributed by atoms with Crippen molar-refractivity contribution in [2.45, 2.75) is 4.90 Å². The number of nitrogens with zero attached hydrogens (tertiary/aromatic N) is 1. The second-order valence-electron chi connectivity index (χ2n) is 4.05. The van der Waals surface area contributed by atoms with Crippen LogP contribution in [0.25, 0.3) is 0 Å². The van der Waals surface area contributed by atoms with E-state index in [4.69, 9.17) is 22.7 Å². The summed E-state index contributed by atoms with van der Waals surface area (Å²) in [4.78, 5) is 4.03. The van der Waals surface area contributed by atoms with Gasteiger partial charge in [-0.1, -0.05) is 24.4 Å². The normalized spacial score (nSPS) is 10.9. The van der Waals surface area contributed by atoms with Crippen LogP contribution < -0.4 is 15.2 Å². The molecule has 2 rings (SSSR count). The predicted molar refractivity (Wildman–Crippen MR) is 83.9 cm³/mol. The SMILES string of the molecule is COc1ccccc1NS(=O)(=O)c1ccc(C(N)=S)nc1. The molecule has 8 heteroatoms. The zero-order chi connectivity index (χ0) is 15.5. The van der Waals surface area contributed by atoms with Crippen molar-refractivity contribution in [3.8, 4) is 5.75 Å². The standard InChI is InChI=1S/C13H13N3O3S2/c1-19-12-5-3-2-4-10(12)16-21(17,18)9-6-7-11(13(14)20)15-8-9/h2-8,16H,1H3,(H2,14,20). The van der Waals surface area contributed by atoms with E-state index in [1.54, 1.807) is 24.3 Å². The number of anilines is 1. The van der Waals surface area contributed by atoms with Gasteiger partial charge in [-0.3, -0.25) is 9.71 Å². The number of hydrogen-bond acceptors (Lipinski definition) is 5. The van der Waals surface area contributed by atoms with Crippen LogP contribution in [0.5, 0.6) is 5.75 Å². The molecular weight excluding hydrogens is 310 g/mol. The number of pyridine rings is 1. The summed E-state index contributed by atoms with van der Waals surface area (Å²) in [6.45, 7) is 0. The third kappa shape index (κ3) is 3.47. The molecule has 0 saturated heterocycles. The van der Waals surface area contributed by atoms with Crippen molar-refractivity contribution >= 4 is 32.9 Å². The van der Waals surface area contributed by atoms with E-state index >= 15 is 0 Å². The summed E-state index contributed by atoms with van der Waals surface area (Å²) < 4.78 is 32.1. The van der Waals surface area contributed by atoms with Crippen LogP contribution in [0.3, 0.4) is 0 Å². The minimum Gasteiger partial charge on any atom is -0.495 e. The molecule has 0 spiro atoms. The van der Waals surface area contributed by atoms with E-state index in [1.807, 2.05) is 0 Å². The van der Waals surface area contributed by atoms with Gasteiger partial charge in [-0.2, -0.15) is 0 Å². The van der Waals surface area contributed by atoms with Crippen LogP contribution in [-0.2, 0) is 10.0 Å². The Balaban J connectivity index is 2.32. The molecular formula is C13H13N3O3S2. The Morgan fingerprint density at radius 2 is 2.00 bits per heavy atom. The third-order valence-corrected chi connectivity index (χ3v) is 4.21. The Kier molecular flexibility index (Phi) is 4.39. The first-order chi connectivity index (χ1) is 9.94. The van der Waals surface area contributed by atoms with Crippen molar-refractivity contribution in [1.82, 2.24) is 4.98 Å². The molecule has 0 saturated carbocycles. The summed E-state index contributed by atoms with van der Waals surface area (Å²) in [5.74, 6) is 0.425. The number of para-hydroxylation sites is 2. The molecule has 1 heterocycles. The average molecular weight is 323 g/mol. The van der Waals surface area contributed by atoms with Crippen molar-refractivity contribution in [2.75, 3.05) is 11.8 Å². The fourth-order valence-electron chi connectivity index (χ4n) is 1.62. The van der Waals surface area contributed by atoms with Gasteiger partial charge in [0.25, 0.3) is 10.0 Å². The van der Waals surface area contributed by atoms with E-state index in [0.717, 1.165) is 0 Å². The highest BCUT2D eigenvalue weighted by atomic mass is 32.2. The monoisotopic (exact) mass is 323 g/mol. The largest absolute Gasteiger partial charge is 0.495 e. The molecule has 1 aromatic carbocycles. The molecule has 0 unspecified atom stereocenters. The molecule has 3 N–H and O–H groups in total. The van der Waals surface area contributed by atoms with Gasteiger partial charge in [0.05, 0.1) is 18.5 Å². The van der Waals surface area contributed by atoms with Crippen LogP contribution >= 0.6 is 12.2 Å². The first-order valence-electron chi connectivity index (χ1n) is 5.86. The first-order valence-corrected chi connectivity index (χ1v) is 7.75. The molecule has 0 aliphatic carbocycles. The number of methoxy groups -OCH3 is 1. The van der Waals surface area contributed by atoms with Gasteiger partial charge < -0.3 is 10.5 Å². The summed E-state index contributed by atoms with van der Waals surface area (Å²) in [5.41, 5.74) is 6.13. The van der Waals surface area contributed by atoms with Crippen LogP contribution in [0.2, 0.25) is 0 Å². The Bertz CT molecular complexity index is 758. The molecule has 0 bridgehead atoms. The molecule has 0 fully saturated rings. The molecule has 0 amide bonds. The number of nitrogens with one attached hydrogen (secondary N) is 1. The molecule has 0 aliphatic rings. The summed E-state index contributed by atoms with van der Waals surface area (Å²) in [5, 5.41) is 0. The predicted octanol–water partition coefficient (Wildman–Crippen LogP) is 1.53. The molecule has 110 valence electrons. The summed E-state index contributed by atoms with van der Waals surface area (Å²) in [6, 6.07) is 9.56. The van der Waals surface area contributed by atoms with Crippen molar-refractivity contribution in [3.05, 3.63) is 48.3 Å². The van der Waals surface area contributed by atoms with Gasteiger partial charge in [0.1, 0.15) is 15.6 Å². The second-order valence-corrected chi connectivity index (χ2v) is 6.17. The fraction of sp³-hybridized carbons (Fsp3) is 0.0769. The number of ether oxygens (including phenoxy) is 1. The topological polar surface area (TPSA) is 94.3 Å². The Hall–Kier alpha value is -2.19. The van der Waals surface area contributed by atoms with E-state index in [1.165, 1.54) is 25.4 Å². The Labute approximate surface area is 128 Å². The highest BCUT2D eigenvalue weighted by Gasteiger charge is 2.17. The number of hydrogen-bond donors (Lipinski definition) is 2. The Morgan fingerprint density at radius 3 is 2.57 bits per heavy atom. The van der Waals surface area contributed by atoms with Gasteiger partial charge in [0.2, 0.25) is 0 Å². The zero-order valence-corrected chi connectivity index (χ0v) is 12.7. The van der Waals surface area contributed by atoms with Crippen LogP contribution in [0.15, 0.2) is 47.5 Å². The number of rotatable bonds is 5. The van der Waals surface area contributed by atoms with Crippen molar-refractivity contribution in [1.29, 1.82) is 0 Å². The number of benzene rings is 1. The minimum atomic E-state index is -3.76. The van der Waals surface area contributed by atoms with Crippen molar-refractivity contribution in [3.63, 3.8) is 0 Å². The van der Waals surface area contributed by atoms with E-state index in [2.05, 4.69) is 9.71 Å². The summed E-state index contributed by atoms with van der Waals surface area (Å²) in [6.07, 6.45) is 1.20. The number of sulfonamides is 1. The molecule has 21 heavy (non-hydrogen) atoms. The summed E-state index contributed by atoms with van der Waals surface area (Å²) in [7, 11) is -2.30. The van der Waals surface area contributed by atoms with Gasteiger partial charge in [0.15, 0.2) is 0 Å². The lowest BCUT2D eigenvalue weighted by atomic mass is 10.3. The lowest BCUT2D eigenvalue weighted by molar-refractivity contribution is 0.417. The van der Waals surface area contributed by atoms with Gasteiger partial charge in [-0.15, -0.1) is 0 Å². The third-order valence-electron chi connectivity index (χ3n) is 2.65. The highest BCUT2D eigenvalue weighted by Crippen LogP contribution is 2.25. The summed E-state index contributed by atoms with van der Waals surface area (Å²) >= 11 is 4.77. The number of aromatic nitrogens is 1. The Morgan fingerprint density at radius 1 is 1.29 bits per heavy atom. The van der Waals surface area contributed by atoms with Gasteiger partial charge >= 0.3 is 0 Å². The van der Waals surface area contributed by atoms with E-state index < -0.39 is 10.0 Å². The number of nitrogens with two attached hydrogens (primary N) is 1. The fourth-order valence-corrected chi connectivity index (χ4v) is 2.75. The molecule has 0 radical (unpaired) electrons. The first kappa shape index (κ1) is 15.2. The highest BCUT2D eigenvalue weighted by molar-refractivity contribution is 7.92. The smallest absolute Gasteiger partial charge is 0.263 e. The van der Waals surface area contributed by atoms with Crippen LogP contribution in [0, 0.1) is 0 Å². The molecule has 0 atom stereocenters. The lowest BCUT2D eigenvalue weighted by Gasteiger charge is -2.11. The van der Waals surface area contributed by atoms with E-state index in [-0.39, 0.29) is 9.88 Å².